The highest BCUT2D eigenvalue weighted by Gasteiger charge is 2.28. The number of hydrogen-bond acceptors (Lipinski definition) is 3. The van der Waals surface area contributed by atoms with Gasteiger partial charge < -0.3 is 9.64 Å². The molecule has 2 aliphatic rings. The molecule has 4 nitrogen and oxygen atoms in total. The van der Waals surface area contributed by atoms with Crippen LogP contribution in [-0.4, -0.2) is 48.1 Å². The van der Waals surface area contributed by atoms with Gasteiger partial charge in [-0.2, -0.15) is 0 Å². The summed E-state index contributed by atoms with van der Waals surface area (Å²) in [6, 6.07) is 10.6. The molecule has 1 aliphatic carbocycles. The normalized spacial score (nSPS) is 20.7. The molecule has 21 heavy (non-hydrogen) atoms. The Bertz CT molecular complexity index is 449. The van der Waals surface area contributed by atoms with Gasteiger partial charge in [-0.05, 0) is 18.4 Å². The number of benzene rings is 1. The van der Waals surface area contributed by atoms with Crippen molar-refractivity contribution in [3.05, 3.63) is 35.9 Å². The van der Waals surface area contributed by atoms with E-state index in [0.717, 1.165) is 37.8 Å². The second kappa shape index (κ2) is 6.94. The van der Waals surface area contributed by atoms with Gasteiger partial charge in [-0.3, -0.25) is 4.90 Å². The maximum Gasteiger partial charge on any atom is 0.410 e. The van der Waals surface area contributed by atoms with Gasteiger partial charge in [-0.1, -0.05) is 43.2 Å². The maximum absolute atomic E-state index is 12.1. The van der Waals surface area contributed by atoms with Gasteiger partial charge in [0.25, 0.3) is 0 Å². The Morgan fingerprint density at radius 2 is 1.71 bits per heavy atom. The lowest BCUT2D eigenvalue weighted by Gasteiger charge is -2.37. The molecule has 0 unspecified atom stereocenters. The number of amides is 1. The van der Waals surface area contributed by atoms with Crippen molar-refractivity contribution in [3.8, 4) is 0 Å². The van der Waals surface area contributed by atoms with Gasteiger partial charge in [0, 0.05) is 32.2 Å². The van der Waals surface area contributed by atoms with E-state index >= 15 is 0 Å². The molecule has 1 saturated heterocycles. The lowest BCUT2D eigenvalue weighted by Crippen LogP contribution is -2.51. The van der Waals surface area contributed by atoms with E-state index in [1.54, 1.807) is 0 Å². The average Bonchev–Trinajstić information content (AvgIpc) is 3.08. The Morgan fingerprint density at radius 3 is 2.38 bits per heavy atom. The predicted octanol–water partition coefficient (Wildman–Crippen LogP) is 2.88. The minimum Gasteiger partial charge on any atom is -0.445 e. The average molecular weight is 288 g/mol. The lowest BCUT2D eigenvalue weighted by molar-refractivity contribution is 0.0605. The molecule has 3 rings (SSSR count). The van der Waals surface area contributed by atoms with Gasteiger partial charge in [0.05, 0.1) is 0 Å². The molecule has 0 bridgehead atoms. The van der Waals surface area contributed by atoms with Crippen LogP contribution in [0.2, 0.25) is 0 Å². The van der Waals surface area contributed by atoms with Gasteiger partial charge >= 0.3 is 6.09 Å². The summed E-state index contributed by atoms with van der Waals surface area (Å²) >= 11 is 0. The van der Waals surface area contributed by atoms with E-state index in [9.17, 15) is 4.79 Å². The van der Waals surface area contributed by atoms with Gasteiger partial charge in [0.1, 0.15) is 6.61 Å². The molecule has 4 heteroatoms. The number of nitrogens with zero attached hydrogens (tertiary/aromatic N) is 2. The van der Waals surface area contributed by atoms with Crippen LogP contribution in [0.25, 0.3) is 0 Å². The summed E-state index contributed by atoms with van der Waals surface area (Å²) < 4.78 is 5.40. The molecule has 1 amide bonds. The van der Waals surface area contributed by atoms with Crippen LogP contribution in [0.15, 0.2) is 30.3 Å². The zero-order chi connectivity index (χ0) is 14.5. The molecule has 0 radical (unpaired) electrons. The molecular formula is C17H24N2O2. The van der Waals surface area contributed by atoms with Crippen molar-refractivity contribution in [2.24, 2.45) is 0 Å². The number of piperazine rings is 1. The summed E-state index contributed by atoms with van der Waals surface area (Å²) in [6.45, 7) is 3.94. The second-order valence-corrected chi connectivity index (χ2v) is 6.00. The van der Waals surface area contributed by atoms with Crippen LogP contribution in [0.5, 0.6) is 0 Å². The van der Waals surface area contributed by atoms with Crippen molar-refractivity contribution in [2.75, 3.05) is 26.2 Å². The molecule has 1 aliphatic heterocycles. The summed E-state index contributed by atoms with van der Waals surface area (Å²) in [5, 5.41) is 0. The summed E-state index contributed by atoms with van der Waals surface area (Å²) in [5.74, 6) is 0. The Kier molecular flexibility index (Phi) is 4.76. The van der Waals surface area contributed by atoms with Gasteiger partial charge in [-0.25, -0.2) is 4.79 Å². The second-order valence-electron chi connectivity index (χ2n) is 6.00. The van der Waals surface area contributed by atoms with E-state index in [2.05, 4.69) is 4.90 Å². The van der Waals surface area contributed by atoms with Gasteiger partial charge in [0.2, 0.25) is 0 Å². The fourth-order valence-electron chi connectivity index (χ4n) is 3.35. The monoisotopic (exact) mass is 288 g/mol. The standard InChI is InChI=1S/C17H24N2O2/c20-17(21-14-15-6-2-1-3-7-15)19-12-10-18(11-13-19)16-8-4-5-9-16/h1-3,6-7,16H,4-5,8-14H2. The van der Waals surface area contributed by atoms with Crippen molar-refractivity contribution >= 4 is 6.09 Å². The van der Waals surface area contributed by atoms with Crippen LogP contribution >= 0.6 is 0 Å². The van der Waals surface area contributed by atoms with E-state index in [0.29, 0.717) is 6.61 Å². The van der Waals surface area contributed by atoms with E-state index < -0.39 is 0 Å². The van der Waals surface area contributed by atoms with E-state index in [1.165, 1.54) is 25.7 Å². The first kappa shape index (κ1) is 14.4. The lowest BCUT2D eigenvalue weighted by atomic mass is 10.2. The maximum atomic E-state index is 12.1. The minimum atomic E-state index is -0.176. The van der Waals surface area contributed by atoms with Gasteiger partial charge in [0.15, 0.2) is 0 Å². The van der Waals surface area contributed by atoms with Crippen molar-refractivity contribution in [1.29, 1.82) is 0 Å². The first-order chi connectivity index (χ1) is 10.3. The number of carbonyl (C=O) groups excluding carboxylic acids is 1. The SMILES string of the molecule is O=C(OCc1ccccc1)N1CCN(C2CCCC2)CC1. The molecule has 1 aromatic carbocycles. The van der Waals surface area contributed by atoms with E-state index in [4.69, 9.17) is 4.74 Å². The molecule has 0 atom stereocenters. The third-order valence-corrected chi connectivity index (χ3v) is 4.62. The van der Waals surface area contributed by atoms with Gasteiger partial charge in [-0.15, -0.1) is 0 Å². The zero-order valence-corrected chi connectivity index (χ0v) is 12.5. The molecular weight excluding hydrogens is 264 g/mol. The summed E-state index contributed by atoms with van der Waals surface area (Å²) in [6.07, 6.45) is 5.22. The molecule has 0 spiro atoms. The number of rotatable bonds is 3. The first-order valence-corrected chi connectivity index (χ1v) is 8.02. The Hall–Kier alpha value is -1.55. The Labute approximate surface area is 126 Å². The van der Waals surface area contributed by atoms with E-state index in [1.807, 2.05) is 35.2 Å². The predicted molar refractivity (Wildman–Crippen MR) is 82.0 cm³/mol. The van der Waals surface area contributed by atoms with Crippen LogP contribution < -0.4 is 0 Å². The number of ether oxygens (including phenoxy) is 1. The highest BCUT2D eigenvalue weighted by atomic mass is 16.6. The third kappa shape index (κ3) is 3.76. The summed E-state index contributed by atoms with van der Waals surface area (Å²) in [7, 11) is 0. The fourth-order valence-corrected chi connectivity index (χ4v) is 3.35. The molecule has 1 heterocycles. The highest BCUT2D eigenvalue weighted by Crippen LogP contribution is 2.24. The minimum absolute atomic E-state index is 0.176. The molecule has 0 aromatic heterocycles. The Morgan fingerprint density at radius 1 is 1.05 bits per heavy atom. The van der Waals surface area contributed by atoms with Crippen molar-refractivity contribution in [3.63, 3.8) is 0 Å². The highest BCUT2D eigenvalue weighted by molar-refractivity contribution is 5.67. The van der Waals surface area contributed by atoms with Crippen molar-refractivity contribution in [2.45, 2.75) is 38.3 Å². The molecule has 0 N–H and O–H groups in total. The van der Waals surface area contributed by atoms with Crippen LogP contribution in [0.4, 0.5) is 4.79 Å². The van der Waals surface area contributed by atoms with Crippen LogP contribution in [-0.2, 0) is 11.3 Å². The number of carbonyl (C=O) groups is 1. The first-order valence-electron chi connectivity index (χ1n) is 8.02. The summed E-state index contributed by atoms with van der Waals surface area (Å²) in [4.78, 5) is 16.5. The smallest absolute Gasteiger partial charge is 0.410 e. The molecule has 114 valence electrons. The van der Waals surface area contributed by atoms with Crippen molar-refractivity contribution < 1.29 is 9.53 Å². The zero-order valence-electron chi connectivity index (χ0n) is 12.5. The molecule has 1 saturated carbocycles. The fraction of sp³-hybridized carbons (Fsp3) is 0.588. The Balaban J connectivity index is 1.42. The summed E-state index contributed by atoms with van der Waals surface area (Å²) in [5.41, 5.74) is 1.04. The quantitative estimate of drug-likeness (QED) is 0.857. The topological polar surface area (TPSA) is 32.8 Å². The molecule has 1 aromatic rings. The third-order valence-electron chi connectivity index (χ3n) is 4.62. The largest absolute Gasteiger partial charge is 0.445 e. The van der Waals surface area contributed by atoms with Crippen LogP contribution in [0, 0.1) is 0 Å². The van der Waals surface area contributed by atoms with Crippen molar-refractivity contribution in [1.82, 2.24) is 9.80 Å². The van der Waals surface area contributed by atoms with E-state index in [-0.39, 0.29) is 6.09 Å². The number of hydrogen-bond donors (Lipinski definition) is 0. The van der Waals surface area contributed by atoms with Crippen LogP contribution in [0.1, 0.15) is 31.2 Å². The molecule has 2 fully saturated rings. The van der Waals surface area contributed by atoms with Crippen LogP contribution in [0.3, 0.4) is 0 Å².